The largest absolute Gasteiger partial charge is 0.490 e. The number of aryl methyl sites for hydroxylation is 1. The molecule has 0 heterocycles. The smallest absolute Gasteiger partial charge is 0.325 e. The molecule has 1 aromatic rings. The molecule has 112 valence electrons. The van der Waals surface area contributed by atoms with Crippen LogP contribution in [0.2, 0.25) is 0 Å². The minimum Gasteiger partial charge on any atom is -0.490 e. The van der Waals surface area contributed by atoms with Crippen LogP contribution in [-0.2, 0) is 16.0 Å². The molecule has 0 aliphatic carbocycles. The van der Waals surface area contributed by atoms with Crippen LogP contribution in [0.15, 0.2) is 24.3 Å². The van der Waals surface area contributed by atoms with E-state index in [-0.39, 0.29) is 12.1 Å². The minimum atomic E-state index is -1.03. The topological polar surface area (TPSA) is 61.5 Å². The Morgan fingerprint density at radius 1 is 1.35 bits per heavy atom. The first-order valence-electron chi connectivity index (χ1n) is 7.11. The second-order valence-corrected chi connectivity index (χ2v) is 5.23. The van der Waals surface area contributed by atoms with E-state index in [1.54, 1.807) is 13.8 Å². The van der Waals surface area contributed by atoms with Crippen LogP contribution in [0.1, 0.15) is 39.7 Å². The van der Waals surface area contributed by atoms with Gasteiger partial charge >= 0.3 is 5.97 Å². The van der Waals surface area contributed by atoms with Gasteiger partial charge in [0.2, 0.25) is 0 Å². The van der Waals surface area contributed by atoms with E-state index in [9.17, 15) is 4.79 Å². The third-order valence-corrected chi connectivity index (χ3v) is 3.13. The Labute approximate surface area is 121 Å². The van der Waals surface area contributed by atoms with Crippen molar-refractivity contribution in [3.05, 3.63) is 29.8 Å². The lowest BCUT2D eigenvalue weighted by molar-refractivity contribution is -0.149. The molecule has 1 rings (SSSR count). The van der Waals surface area contributed by atoms with Crippen LogP contribution >= 0.6 is 0 Å². The molecule has 0 radical (unpaired) electrons. The first-order chi connectivity index (χ1) is 9.40. The van der Waals surface area contributed by atoms with Gasteiger partial charge in [-0.25, -0.2) is 0 Å². The number of para-hydroxylation sites is 1. The average Bonchev–Trinajstić information content (AvgIpc) is 2.38. The van der Waals surface area contributed by atoms with Gasteiger partial charge in [0.1, 0.15) is 11.3 Å². The van der Waals surface area contributed by atoms with E-state index in [1.807, 2.05) is 31.2 Å². The van der Waals surface area contributed by atoms with Crippen LogP contribution in [0, 0.1) is 0 Å². The van der Waals surface area contributed by atoms with Crippen LogP contribution in [-0.4, -0.2) is 24.2 Å². The van der Waals surface area contributed by atoms with Crippen LogP contribution < -0.4 is 10.5 Å². The molecule has 0 aromatic heterocycles. The zero-order chi connectivity index (χ0) is 15.2. The molecule has 0 fully saturated rings. The average molecular weight is 279 g/mol. The van der Waals surface area contributed by atoms with Gasteiger partial charge in [-0.15, -0.1) is 0 Å². The van der Waals surface area contributed by atoms with Crippen LogP contribution in [0.25, 0.3) is 0 Å². The molecular formula is C16H25NO3. The maximum atomic E-state index is 11.8. The Morgan fingerprint density at radius 2 is 2.00 bits per heavy atom. The van der Waals surface area contributed by atoms with Crippen molar-refractivity contribution in [1.82, 2.24) is 0 Å². The van der Waals surface area contributed by atoms with Gasteiger partial charge in [0.25, 0.3) is 0 Å². The number of esters is 1. The molecule has 2 atom stereocenters. The van der Waals surface area contributed by atoms with Gasteiger partial charge < -0.3 is 15.2 Å². The van der Waals surface area contributed by atoms with Gasteiger partial charge in [-0.1, -0.05) is 25.1 Å². The Bertz CT molecular complexity index is 443. The van der Waals surface area contributed by atoms with E-state index < -0.39 is 5.54 Å². The fourth-order valence-corrected chi connectivity index (χ4v) is 2.15. The summed E-state index contributed by atoms with van der Waals surface area (Å²) in [5.41, 5.74) is 6.13. The van der Waals surface area contributed by atoms with Crippen LogP contribution in [0.5, 0.6) is 5.75 Å². The summed E-state index contributed by atoms with van der Waals surface area (Å²) in [4.78, 5) is 11.8. The van der Waals surface area contributed by atoms with E-state index in [1.165, 1.54) is 0 Å². The van der Waals surface area contributed by atoms with E-state index >= 15 is 0 Å². The molecule has 0 saturated carbocycles. The Morgan fingerprint density at radius 3 is 2.60 bits per heavy atom. The second kappa shape index (κ2) is 7.29. The first kappa shape index (κ1) is 16.5. The van der Waals surface area contributed by atoms with E-state index in [2.05, 4.69) is 6.92 Å². The van der Waals surface area contributed by atoms with Gasteiger partial charge in [0.15, 0.2) is 0 Å². The Kier molecular flexibility index (Phi) is 6.02. The predicted molar refractivity (Wildman–Crippen MR) is 79.8 cm³/mol. The predicted octanol–water partition coefficient (Wildman–Crippen LogP) is 2.69. The molecule has 0 aliphatic heterocycles. The molecule has 20 heavy (non-hydrogen) atoms. The highest BCUT2D eigenvalue weighted by atomic mass is 16.5. The SMILES string of the molecule is CCOC(=O)C(C)(N)CC(C)Oc1ccccc1CC. The maximum absolute atomic E-state index is 11.8. The summed E-state index contributed by atoms with van der Waals surface area (Å²) in [7, 11) is 0. The lowest BCUT2D eigenvalue weighted by atomic mass is 9.96. The lowest BCUT2D eigenvalue weighted by Gasteiger charge is -2.26. The van der Waals surface area contributed by atoms with Crippen molar-refractivity contribution in [2.24, 2.45) is 5.73 Å². The van der Waals surface area contributed by atoms with Crippen molar-refractivity contribution in [3.63, 3.8) is 0 Å². The van der Waals surface area contributed by atoms with Crippen molar-refractivity contribution in [3.8, 4) is 5.75 Å². The first-order valence-corrected chi connectivity index (χ1v) is 7.11. The third kappa shape index (κ3) is 4.53. The van der Waals surface area contributed by atoms with E-state index in [0.29, 0.717) is 13.0 Å². The number of nitrogens with two attached hydrogens (primary N) is 1. The summed E-state index contributed by atoms with van der Waals surface area (Å²) in [6.45, 7) is 7.77. The number of carbonyl (C=O) groups excluding carboxylic acids is 1. The number of rotatable bonds is 7. The van der Waals surface area contributed by atoms with E-state index in [0.717, 1.165) is 17.7 Å². The van der Waals surface area contributed by atoms with Crippen LogP contribution in [0.4, 0.5) is 0 Å². The van der Waals surface area contributed by atoms with Gasteiger partial charge in [-0.3, -0.25) is 4.79 Å². The number of hydrogen-bond donors (Lipinski definition) is 1. The summed E-state index contributed by atoms with van der Waals surface area (Å²) < 4.78 is 10.9. The highest BCUT2D eigenvalue weighted by Gasteiger charge is 2.32. The highest BCUT2D eigenvalue weighted by Crippen LogP contribution is 2.22. The molecule has 0 aliphatic rings. The number of carbonyl (C=O) groups is 1. The fraction of sp³-hybridized carbons (Fsp3) is 0.562. The highest BCUT2D eigenvalue weighted by molar-refractivity contribution is 5.80. The van der Waals surface area contributed by atoms with Crippen molar-refractivity contribution in [2.75, 3.05) is 6.61 Å². The zero-order valence-electron chi connectivity index (χ0n) is 12.8. The van der Waals surface area contributed by atoms with Crippen molar-refractivity contribution in [1.29, 1.82) is 0 Å². The monoisotopic (exact) mass is 279 g/mol. The quantitative estimate of drug-likeness (QED) is 0.779. The molecule has 2 unspecified atom stereocenters. The molecule has 2 N–H and O–H groups in total. The molecule has 0 bridgehead atoms. The van der Waals surface area contributed by atoms with Gasteiger partial charge in [0.05, 0.1) is 12.7 Å². The minimum absolute atomic E-state index is 0.165. The Balaban J connectivity index is 2.67. The van der Waals surface area contributed by atoms with Crippen molar-refractivity contribution >= 4 is 5.97 Å². The Hall–Kier alpha value is -1.55. The molecule has 4 heteroatoms. The maximum Gasteiger partial charge on any atom is 0.325 e. The van der Waals surface area contributed by atoms with Gasteiger partial charge in [-0.2, -0.15) is 0 Å². The number of hydrogen-bond acceptors (Lipinski definition) is 4. The van der Waals surface area contributed by atoms with Crippen molar-refractivity contribution in [2.45, 2.75) is 52.2 Å². The number of ether oxygens (including phenoxy) is 2. The molecule has 0 amide bonds. The molecular weight excluding hydrogens is 254 g/mol. The lowest BCUT2D eigenvalue weighted by Crippen LogP contribution is -2.49. The molecule has 0 spiro atoms. The van der Waals surface area contributed by atoms with Crippen molar-refractivity contribution < 1.29 is 14.3 Å². The standard InChI is InChI=1S/C16H25NO3/c1-5-13-9-7-8-10-14(13)20-12(3)11-16(4,17)15(18)19-6-2/h7-10,12H,5-6,11,17H2,1-4H3. The molecule has 4 nitrogen and oxygen atoms in total. The van der Waals surface area contributed by atoms with Gasteiger partial charge in [0, 0.05) is 6.42 Å². The normalized spacial score (nSPS) is 15.2. The summed E-state index contributed by atoms with van der Waals surface area (Å²) in [5, 5.41) is 0. The fourth-order valence-electron chi connectivity index (χ4n) is 2.15. The molecule has 1 aromatic carbocycles. The summed E-state index contributed by atoms with van der Waals surface area (Å²) in [6, 6.07) is 7.90. The molecule has 0 saturated heterocycles. The third-order valence-electron chi connectivity index (χ3n) is 3.13. The summed E-state index contributed by atoms with van der Waals surface area (Å²) in [5.74, 6) is 0.460. The second-order valence-electron chi connectivity index (χ2n) is 5.23. The van der Waals surface area contributed by atoms with E-state index in [4.69, 9.17) is 15.2 Å². The summed E-state index contributed by atoms with van der Waals surface area (Å²) >= 11 is 0. The summed E-state index contributed by atoms with van der Waals surface area (Å²) in [6.07, 6.45) is 1.15. The van der Waals surface area contributed by atoms with Crippen LogP contribution in [0.3, 0.4) is 0 Å². The zero-order valence-corrected chi connectivity index (χ0v) is 12.8. The number of benzene rings is 1. The van der Waals surface area contributed by atoms with Gasteiger partial charge in [-0.05, 0) is 38.8 Å².